The van der Waals surface area contributed by atoms with Crippen LogP contribution in [-0.4, -0.2) is 29.7 Å². The van der Waals surface area contributed by atoms with Crippen LogP contribution >= 0.6 is 11.6 Å². The van der Waals surface area contributed by atoms with Gasteiger partial charge in [0.05, 0.1) is 34.0 Å². The second-order valence-corrected chi connectivity index (χ2v) is 6.29. The molecule has 0 aromatic carbocycles. The molecule has 0 saturated heterocycles. The molecule has 0 atom stereocenters. The van der Waals surface area contributed by atoms with Gasteiger partial charge in [-0.05, 0) is 39.0 Å². The van der Waals surface area contributed by atoms with Gasteiger partial charge in [0.2, 0.25) is 0 Å². The Morgan fingerprint density at radius 3 is 2.60 bits per heavy atom. The van der Waals surface area contributed by atoms with E-state index in [1.54, 1.807) is 23.1 Å². The Hall–Kier alpha value is -2.86. The van der Waals surface area contributed by atoms with Crippen LogP contribution in [0.15, 0.2) is 36.8 Å². The van der Waals surface area contributed by atoms with Crippen molar-refractivity contribution >= 4 is 22.8 Å². The lowest BCUT2D eigenvalue weighted by Crippen LogP contribution is -1.97. The molecule has 4 aromatic rings. The van der Waals surface area contributed by atoms with Crippen LogP contribution in [0.2, 0.25) is 5.02 Å². The zero-order chi connectivity index (χ0) is 17.6. The Bertz CT molecular complexity index is 1100. The number of halogens is 1. The first kappa shape index (κ1) is 15.7. The minimum atomic E-state index is 0.531. The lowest BCUT2D eigenvalue weighted by Gasteiger charge is -2.05. The van der Waals surface area contributed by atoms with E-state index in [2.05, 4.69) is 25.0 Å². The average molecular weight is 351 g/mol. The predicted octanol–water partition coefficient (Wildman–Crippen LogP) is 3.85. The van der Waals surface area contributed by atoms with Gasteiger partial charge in [0.25, 0.3) is 0 Å². The van der Waals surface area contributed by atoms with E-state index in [1.807, 2.05) is 39.1 Å². The highest BCUT2D eigenvalue weighted by Gasteiger charge is 2.12. The van der Waals surface area contributed by atoms with E-state index in [-0.39, 0.29) is 0 Å². The maximum atomic E-state index is 6.40. The molecule has 0 aliphatic carbocycles. The molecule has 0 radical (unpaired) electrons. The fourth-order valence-electron chi connectivity index (χ4n) is 2.58. The molecule has 7 heteroatoms. The van der Waals surface area contributed by atoms with Gasteiger partial charge in [0.1, 0.15) is 5.52 Å². The highest BCUT2D eigenvalue weighted by atomic mass is 35.5. The van der Waals surface area contributed by atoms with Crippen molar-refractivity contribution in [2.75, 3.05) is 0 Å². The van der Waals surface area contributed by atoms with Crippen LogP contribution in [0.25, 0.3) is 28.1 Å². The second kappa shape index (κ2) is 5.89. The third-order valence-corrected chi connectivity index (χ3v) is 4.32. The van der Waals surface area contributed by atoms with Crippen molar-refractivity contribution in [3.63, 3.8) is 0 Å². The molecule has 0 unspecified atom stereocenters. The molecule has 4 rings (SSSR count). The summed E-state index contributed by atoms with van der Waals surface area (Å²) >= 11 is 6.40. The highest BCUT2D eigenvalue weighted by Crippen LogP contribution is 2.27. The predicted molar refractivity (Wildman–Crippen MR) is 96.9 cm³/mol. The molecule has 0 fully saturated rings. The van der Waals surface area contributed by atoms with E-state index >= 15 is 0 Å². The minimum absolute atomic E-state index is 0.531. The molecular weight excluding hydrogens is 336 g/mol. The molecule has 4 aromatic heterocycles. The van der Waals surface area contributed by atoms with Crippen molar-refractivity contribution in [2.45, 2.75) is 20.8 Å². The number of fused-ring (bicyclic) bond motifs is 1. The Balaban J connectivity index is 1.81. The summed E-state index contributed by atoms with van der Waals surface area (Å²) in [5.41, 5.74) is 6.30. The van der Waals surface area contributed by atoms with Crippen LogP contribution in [0.3, 0.4) is 0 Å². The summed E-state index contributed by atoms with van der Waals surface area (Å²) in [5.74, 6) is 0. The number of hydrogen-bond acceptors (Lipinski definition) is 5. The molecule has 0 bridgehead atoms. The standard InChI is InChI=1S/C18H15ClN6/c1-10-6-14(4-5-20-10)25-9-13(8-21-25)16-7-15(19)17-18(24-16)23-12(3)11(2)22-17/h4-9H,1-3H3. The van der Waals surface area contributed by atoms with E-state index in [1.165, 1.54) is 0 Å². The van der Waals surface area contributed by atoms with E-state index in [4.69, 9.17) is 11.6 Å². The molecule has 0 aliphatic rings. The number of nitrogens with zero attached hydrogens (tertiary/aromatic N) is 6. The zero-order valence-corrected chi connectivity index (χ0v) is 14.8. The lowest BCUT2D eigenvalue weighted by molar-refractivity contribution is 0.875. The summed E-state index contributed by atoms with van der Waals surface area (Å²) in [6, 6.07) is 5.67. The Morgan fingerprint density at radius 1 is 1.00 bits per heavy atom. The Kier molecular flexibility index (Phi) is 3.69. The van der Waals surface area contributed by atoms with Gasteiger partial charge in [-0.25, -0.2) is 19.6 Å². The van der Waals surface area contributed by atoms with Crippen molar-refractivity contribution in [3.05, 3.63) is 58.9 Å². The van der Waals surface area contributed by atoms with E-state index in [9.17, 15) is 0 Å². The molecule has 0 amide bonds. The maximum Gasteiger partial charge on any atom is 0.180 e. The van der Waals surface area contributed by atoms with Crippen LogP contribution < -0.4 is 0 Å². The quantitative estimate of drug-likeness (QED) is 0.549. The topological polar surface area (TPSA) is 69.4 Å². The van der Waals surface area contributed by atoms with E-state index in [0.717, 1.165) is 28.3 Å². The third kappa shape index (κ3) is 2.85. The molecule has 0 spiro atoms. The van der Waals surface area contributed by atoms with Crippen molar-refractivity contribution in [3.8, 4) is 16.9 Å². The first-order valence-electron chi connectivity index (χ1n) is 7.81. The van der Waals surface area contributed by atoms with Gasteiger partial charge in [-0.15, -0.1) is 0 Å². The first-order valence-corrected chi connectivity index (χ1v) is 8.18. The van der Waals surface area contributed by atoms with Crippen molar-refractivity contribution in [1.29, 1.82) is 0 Å². The minimum Gasteiger partial charge on any atom is -0.261 e. The van der Waals surface area contributed by atoms with Crippen molar-refractivity contribution in [2.24, 2.45) is 0 Å². The van der Waals surface area contributed by atoms with Crippen LogP contribution in [-0.2, 0) is 0 Å². The summed E-state index contributed by atoms with van der Waals surface area (Å²) in [4.78, 5) is 17.8. The molecule has 0 saturated carbocycles. The summed E-state index contributed by atoms with van der Waals surface area (Å²) < 4.78 is 1.79. The Morgan fingerprint density at radius 2 is 1.80 bits per heavy atom. The normalized spacial score (nSPS) is 11.2. The maximum absolute atomic E-state index is 6.40. The Labute approximate surface area is 149 Å². The number of aromatic nitrogens is 6. The summed E-state index contributed by atoms with van der Waals surface area (Å²) in [6.45, 7) is 5.77. The largest absolute Gasteiger partial charge is 0.261 e. The number of hydrogen-bond donors (Lipinski definition) is 0. The summed E-state index contributed by atoms with van der Waals surface area (Å²) in [7, 11) is 0. The highest BCUT2D eigenvalue weighted by molar-refractivity contribution is 6.35. The van der Waals surface area contributed by atoms with Crippen LogP contribution in [0.5, 0.6) is 0 Å². The van der Waals surface area contributed by atoms with Crippen molar-refractivity contribution in [1.82, 2.24) is 29.7 Å². The SMILES string of the molecule is Cc1cc(-n2cc(-c3cc(Cl)c4nc(C)c(C)nc4n3)cn2)ccn1. The average Bonchev–Trinajstić information content (AvgIpc) is 3.07. The molecule has 0 N–H and O–H groups in total. The van der Waals surface area contributed by atoms with Crippen LogP contribution in [0.4, 0.5) is 0 Å². The molecule has 0 aliphatic heterocycles. The first-order chi connectivity index (χ1) is 12.0. The lowest BCUT2D eigenvalue weighted by atomic mass is 10.2. The second-order valence-electron chi connectivity index (χ2n) is 5.88. The number of rotatable bonds is 2. The molecule has 25 heavy (non-hydrogen) atoms. The third-order valence-electron chi connectivity index (χ3n) is 4.03. The molecular formula is C18H15ClN6. The molecule has 124 valence electrons. The van der Waals surface area contributed by atoms with Gasteiger partial charge >= 0.3 is 0 Å². The van der Waals surface area contributed by atoms with Gasteiger partial charge < -0.3 is 0 Å². The number of aryl methyl sites for hydroxylation is 3. The van der Waals surface area contributed by atoms with E-state index in [0.29, 0.717) is 21.9 Å². The monoisotopic (exact) mass is 350 g/mol. The van der Waals surface area contributed by atoms with Gasteiger partial charge in [0.15, 0.2) is 5.65 Å². The summed E-state index contributed by atoms with van der Waals surface area (Å²) in [5, 5.41) is 4.95. The zero-order valence-electron chi connectivity index (χ0n) is 14.0. The van der Waals surface area contributed by atoms with Crippen LogP contribution in [0.1, 0.15) is 17.1 Å². The van der Waals surface area contributed by atoms with Gasteiger partial charge in [0, 0.05) is 23.7 Å². The van der Waals surface area contributed by atoms with E-state index < -0.39 is 0 Å². The fraction of sp³-hybridized carbons (Fsp3) is 0.167. The smallest absolute Gasteiger partial charge is 0.180 e. The fourth-order valence-corrected chi connectivity index (χ4v) is 2.81. The van der Waals surface area contributed by atoms with Gasteiger partial charge in [-0.3, -0.25) is 4.98 Å². The van der Waals surface area contributed by atoms with Crippen LogP contribution in [0, 0.1) is 20.8 Å². The summed E-state index contributed by atoms with van der Waals surface area (Å²) in [6.07, 6.45) is 5.43. The molecule has 6 nitrogen and oxygen atoms in total. The van der Waals surface area contributed by atoms with Crippen molar-refractivity contribution < 1.29 is 0 Å². The number of pyridine rings is 2. The van der Waals surface area contributed by atoms with Gasteiger partial charge in [-0.1, -0.05) is 11.6 Å². The molecule has 4 heterocycles. The van der Waals surface area contributed by atoms with Gasteiger partial charge in [-0.2, -0.15) is 5.10 Å².